The van der Waals surface area contributed by atoms with Crippen LogP contribution < -0.4 is 9.47 Å². The van der Waals surface area contributed by atoms with E-state index in [0.29, 0.717) is 30.9 Å². The molecule has 8 nitrogen and oxygen atoms in total. The number of amides is 1. The molecule has 0 bridgehead atoms. The van der Waals surface area contributed by atoms with Gasteiger partial charge >= 0.3 is 5.97 Å². The summed E-state index contributed by atoms with van der Waals surface area (Å²) < 4.78 is 39.5. The quantitative estimate of drug-likeness (QED) is 0.655. The van der Waals surface area contributed by atoms with Gasteiger partial charge in [-0.1, -0.05) is 19.1 Å². The number of fused-ring (bicyclic) bond motifs is 1. The van der Waals surface area contributed by atoms with Crippen molar-refractivity contribution in [3.8, 4) is 11.5 Å². The van der Waals surface area contributed by atoms with Crippen LogP contribution in [0.1, 0.15) is 19.8 Å². The number of rotatable bonds is 6. The van der Waals surface area contributed by atoms with E-state index in [1.54, 1.807) is 24.3 Å². The number of hydrogen-bond donors (Lipinski definition) is 0. The molecule has 9 heteroatoms. The summed E-state index contributed by atoms with van der Waals surface area (Å²) in [4.78, 5) is 26.2. The smallest absolute Gasteiger partial charge is 0.351 e. The first-order chi connectivity index (χ1) is 12.9. The molecule has 3 rings (SSSR count). The lowest BCUT2D eigenvalue weighted by Gasteiger charge is -2.28. The summed E-state index contributed by atoms with van der Waals surface area (Å²) in [6, 6.07) is 6.62. The lowest BCUT2D eigenvalue weighted by atomic mass is 10.2. The number of para-hydroxylation sites is 2. The Morgan fingerprint density at radius 3 is 2.67 bits per heavy atom. The van der Waals surface area contributed by atoms with E-state index in [-0.39, 0.29) is 24.2 Å². The van der Waals surface area contributed by atoms with Gasteiger partial charge in [-0.3, -0.25) is 4.79 Å². The van der Waals surface area contributed by atoms with Crippen molar-refractivity contribution in [2.24, 2.45) is 0 Å². The predicted octanol–water partition coefficient (Wildman–Crippen LogP) is 0.795. The van der Waals surface area contributed by atoms with Gasteiger partial charge in [0, 0.05) is 12.6 Å². The molecule has 0 aromatic heterocycles. The van der Waals surface area contributed by atoms with E-state index < -0.39 is 34.4 Å². The second kappa shape index (κ2) is 8.16. The SMILES string of the molecule is CCCN(C(=O)COC(=O)[C@@H]1COc2ccccc2O1)[C@@H]1CCS(=O)(=O)C1. The molecule has 2 atom stereocenters. The zero-order valence-electron chi connectivity index (χ0n) is 15.1. The molecule has 1 aromatic carbocycles. The summed E-state index contributed by atoms with van der Waals surface area (Å²) in [5.74, 6) is -0.0477. The van der Waals surface area contributed by atoms with E-state index in [4.69, 9.17) is 14.2 Å². The van der Waals surface area contributed by atoms with Gasteiger partial charge in [-0.15, -0.1) is 0 Å². The Morgan fingerprint density at radius 2 is 2.00 bits per heavy atom. The fourth-order valence-corrected chi connectivity index (χ4v) is 4.95. The number of ether oxygens (including phenoxy) is 3. The second-order valence-corrected chi connectivity index (χ2v) is 8.84. The van der Waals surface area contributed by atoms with E-state index in [0.717, 1.165) is 0 Å². The molecule has 2 aliphatic heterocycles. The molecule has 1 saturated heterocycles. The number of carbonyl (C=O) groups is 2. The summed E-state index contributed by atoms with van der Waals surface area (Å²) in [5.41, 5.74) is 0. The van der Waals surface area contributed by atoms with Gasteiger partial charge in [0.1, 0.15) is 6.61 Å². The molecule has 2 aliphatic rings. The first-order valence-corrected chi connectivity index (χ1v) is 10.8. The Kier molecular flexibility index (Phi) is 5.88. The fourth-order valence-electron chi connectivity index (χ4n) is 3.22. The third-order valence-electron chi connectivity index (χ3n) is 4.54. The van der Waals surface area contributed by atoms with Crippen molar-refractivity contribution in [2.45, 2.75) is 31.9 Å². The minimum atomic E-state index is -3.11. The Morgan fingerprint density at radius 1 is 1.26 bits per heavy atom. The number of esters is 1. The van der Waals surface area contributed by atoms with E-state index in [9.17, 15) is 18.0 Å². The highest BCUT2D eigenvalue weighted by Crippen LogP contribution is 2.31. The van der Waals surface area contributed by atoms with Crippen molar-refractivity contribution < 1.29 is 32.2 Å². The maximum absolute atomic E-state index is 12.5. The zero-order valence-corrected chi connectivity index (χ0v) is 15.9. The van der Waals surface area contributed by atoms with Crippen LogP contribution in [0, 0.1) is 0 Å². The van der Waals surface area contributed by atoms with Crippen molar-refractivity contribution in [2.75, 3.05) is 31.3 Å². The molecule has 0 spiro atoms. The number of sulfone groups is 1. The molecule has 0 unspecified atom stereocenters. The Balaban J connectivity index is 1.55. The fraction of sp³-hybridized carbons (Fsp3) is 0.556. The first-order valence-electron chi connectivity index (χ1n) is 8.94. The predicted molar refractivity (Wildman–Crippen MR) is 96.4 cm³/mol. The summed E-state index contributed by atoms with van der Waals surface area (Å²) in [6.07, 6.45) is 0.157. The highest BCUT2D eigenvalue weighted by Gasteiger charge is 2.35. The van der Waals surface area contributed by atoms with Crippen molar-refractivity contribution >= 4 is 21.7 Å². The molecular formula is C18H23NO7S. The van der Waals surface area contributed by atoms with Crippen LogP contribution in [0.25, 0.3) is 0 Å². The minimum Gasteiger partial charge on any atom is -0.485 e. The van der Waals surface area contributed by atoms with Gasteiger partial charge in [0.25, 0.3) is 5.91 Å². The number of carbonyl (C=O) groups excluding carboxylic acids is 2. The maximum atomic E-state index is 12.5. The van der Waals surface area contributed by atoms with Gasteiger partial charge in [0.2, 0.25) is 6.10 Å². The summed E-state index contributed by atoms with van der Waals surface area (Å²) >= 11 is 0. The van der Waals surface area contributed by atoms with Crippen molar-refractivity contribution in [1.82, 2.24) is 4.90 Å². The normalized spacial score (nSPS) is 22.9. The van der Waals surface area contributed by atoms with Crippen LogP contribution in [-0.2, 0) is 24.2 Å². The standard InChI is InChI=1S/C18H23NO7S/c1-2-8-19(13-7-9-27(22,23)12-13)17(20)11-25-18(21)16-10-24-14-5-3-4-6-15(14)26-16/h3-6,13,16H,2,7-12H2,1H3/t13-,16+/m1/s1. The molecule has 148 valence electrons. The van der Waals surface area contributed by atoms with E-state index in [2.05, 4.69) is 0 Å². The molecule has 0 N–H and O–H groups in total. The van der Waals surface area contributed by atoms with Crippen LogP contribution in [0.15, 0.2) is 24.3 Å². The molecule has 27 heavy (non-hydrogen) atoms. The first kappa shape index (κ1) is 19.5. The number of benzene rings is 1. The number of nitrogens with zero attached hydrogens (tertiary/aromatic N) is 1. The van der Waals surface area contributed by atoms with Gasteiger partial charge in [0.15, 0.2) is 27.9 Å². The van der Waals surface area contributed by atoms with Crippen LogP contribution >= 0.6 is 0 Å². The third kappa shape index (κ3) is 4.71. The largest absolute Gasteiger partial charge is 0.485 e. The number of hydrogen-bond acceptors (Lipinski definition) is 7. The van der Waals surface area contributed by atoms with Crippen molar-refractivity contribution in [3.63, 3.8) is 0 Å². The lowest BCUT2D eigenvalue weighted by Crippen LogP contribution is -2.45. The average molecular weight is 397 g/mol. The average Bonchev–Trinajstić information content (AvgIpc) is 3.02. The second-order valence-electron chi connectivity index (χ2n) is 6.62. The van der Waals surface area contributed by atoms with E-state index in [1.807, 2.05) is 6.92 Å². The van der Waals surface area contributed by atoms with Crippen LogP contribution in [0.5, 0.6) is 11.5 Å². The van der Waals surface area contributed by atoms with Gasteiger partial charge < -0.3 is 19.1 Å². The molecule has 1 fully saturated rings. The molecule has 1 amide bonds. The zero-order chi connectivity index (χ0) is 19.4. The van der Waals surface area contributed by atoms with Gasteiger partial charge in [0.05, 0.1) is 11.5 Å². The van der Waals surface area contributed by atoms with Crippen molar-refractivity contribution in [3.05, 3.63) is 24.3 Å². The Bertz CT molecular complexity index is 808. The topological polar surface area (TPSA) is 99.2 Å². The van der Waals surface area contributed by atoms with Crippen LogP contribution in [0.2, 0.25) is 0 Å². The maximum Gasteiger partial charge on any atom is 0.351 e. The van der Waals surface area contributed by atoms with Crippen molar-refractivity contribution in [1.29, 1.82) is 0 Å². The third-order valence-corrected chi connectivity index (χ3v) is 6.29. The van der Waals surface area contributed by atoms with Crippen LogP contribution in [0.4, 0.5) is 0 Å². The van der Waals surface area contributed by atoms with E-state index in [1.165, 1.54) is 4.90 Å². The highest BCUT2D eigenvalue weighted by atomic mass is 32.2. The summed E-state index contributed by atoms with van der Waals surface area (Å²) in [5, 5.41) is 0. The molecule has 0 radical (unpaired) electrons. The Hall–Kier alpha value is -2.29. The van der Waals surface area contributed by atoms with Gasteiger partial charge in [-0.05, 0) is 25.0 Å². The minimum absolute atomic E-state index is 0.00355. The van der Waals surface area contributed by atoms with Gasteiger partial charge in [-0.25, -0.2) is 13.2 Å². The van der Waals surface area contributed by atoms with Crippen LogP contribution in [-0.4, -0.2) is 68.6 Å². The van der Waals surface area contributed by atoms with Gasteiger partial charge in [-0.2, -0.15) is 0 Å². The molecule has 1 aromatic rings. The van der Waals surface area contributed by atoms with E-state index >= 15 is 0 Å². The molecule has 2 heterocycles. The summed E-state index contributed by atoms with van der Waals surface area (Å²) in [7, 11) is -3.11. The molecule has 0 aliphatic carbocycles. The Labute approximate surface area is 158 Å². The van der Waals surface area contributed by atoms with Crippen LogP contribution in [0.3, 0.4) is 0 Å². The lowest BCUT2D eigenvalue weighted by molar-refractivity contribution is -0.160. The molecular weight excluding hydrogens is 374 g/mol. The monoisotopic (exact) mass is 397 g/mol. The molecule has 0 saturated carbocycles. The highest BCUT2D eigenvalue weighted by molar-refractivity contribution is 7.91. The summed E-state index contributed by atoms with van der Waals surface area (Å²) in [6.45, 7) is 1.88.